The highest BCUT2D eigenvalue weighted by molar-refractivity contribution is 5.76. The van der Waals surface area contributed by atoms with E-state index in [1.165, 1.54) is 5.57 Å². The van der Waals surface area contributed by atoms with Crippen LogP contribution in [-0.4, -0.2) is 19.1 Å². The van der Waals surface area contributed by atoms with Gasteiger partial charge in [-0.15, -0.1) is 0 Å². The molecular formula is C11H14N3O+. The van der Waals surface area contributed by atoms with E-state index in [9.17, 15) is 4.79 Å². The molecule has 4 heteroatoms. The van der Waals surface area contributed by atoms with Crippen molar-refractivity contribution in [3.8, 4) is 0 Å². The number of carbonyl (C=O) groups excluding carboxylic acids is 1. The van der Waals surface area contributed by atoms with Gasteiger partial charge < -0.3 is 10.6 Å². The van der Waals surface area contributed by atoms with Crippen molar-refractivity contribution in [1.82, 2.24) is 10.6 Å². The quantitative estimate of drug-likeness (QED) is 0.631. The summed E-state index contributed by atoms with van der Waals surface area (Å²) in [7, 11) is 2.00. The fourth-order valence-electron chi connectivity index (χ4n) is 1.51. The zero-order valence-corrected chi connectivity index (χ0v) is 8.66. The fourth-order valence-corrected chi connectivity index (χ4v) is 1.51. The number of urea groups is 1. The van der Waals surface area contributed by atoms with E-state index in [1.54, 1.807) is 0 Å². The molecule has 0 atom stereocenters. The second kappa shape index (κ2) is 4.13. The number of aromatic nitrogens is 1. The minimum absolute atomic E-state index is 0.0930. The zero-order chi connectivity index (χ0) is 10.7. The van der Waals surface area contributed by atoms with Crippen molar-refractivity contribution in [3.63, 3.8) is 0 Å². The molecule has 2 N–H and O–H groups in total. The molecule has 1 fully saturated rings. The molecule has 78 valence electrons. The summed E-state index contributed by atoms with van der Waals surface area (Å²) in [5.74, 6) is 0. The molecule has 1 aromatic heterocycles. The number of nitrogens with one attached hydrogen (secondary N) is 2. The van der Waals surface area contributed by atoms with E-state index in [2.05, 4.69) is 16.7 Å². The van der Waals surface area contributed by atoms with Crippen LogP contribution in [0.5, 0.6) is 0 Å². The van der Waals surface area contributed by atoms with Gasteiger partial charge in [0.15, 0.2) is 6.20 Å². The van der Waals surface area contributed by atoms with E-state index in [0.29, 0.717) is 13.1 Å². The monoisotopic (exact) mass is 204 g/mol. The Bertz CT molecular complexity index is 400. The van der Waals surface area contributed by atoms with E-state index in [4.69, 9.17) is 0 Å². The molecule has 0 unspecified atom stereocenters. The Morgan fingerprint density at radius 2 is 2.07 bits per heavy atom. The molecule has 0 saturated carbocycles. The van der Waals surface area contributed by atoms with Crippen molar-refractivity contribution in [1.29, 1.82) is 0 Å². The number of hydrogen-bond donors (Lipinski definition) is 2. The van der Waals surface area contributed by atoms with Gasteiger partial charge in [-0.2, -0.15) is 0 Å². The largest absolute Gasteiger partial charge is 0.334 e. The Kier molecular flexibility index (Phi) is 2.67. The molecule has 0 aliphatic carbocycles. The second-order valence-corrected chi connectivity index (χ2v) is 3.58. The Morgan fingerprint density at radius 1 is 1.33 bits per heavy atom. The molecule has 15 heavy (non-hydrogen) atoms. The smallest absolute Gasteiger partial charge is 0.315 e. The molecule has 4 nitrogen and oxygen atoms in total. The number of pyridine rings is 1. The van der Waals surface area contributed by atoms with Crippen LogP contribution in [0.1, 0.15) is 5.69 Å². The van der Waals surface area contributed by atoms with Crippen molar-refractivity contribution in [2.75, 3.05) is 13.1 Å². The molecule has 2 rings (SSSR count). The third kappa shape index (κ3) is 2.34. The zero-order valence-electron chi connectivity index (χ0n) is 8.66. The van der Waals surface area contributed by atoms with Gasteiger partial charge in [-0.1, -0.05) is 0 Å². The van der Waals surface area contributed by atoms with Gasteiger partial charge in [0.1, 0.15) is 7.05 Å². The lowest BCUT2D eigenvalue weighted by atomic mass is 10.2. The summed E-state index contributed by atoms with van der Waals surface area (Å²) in [6, 6.07) is 5.94. The van der Waals surface area contributed by atoms with Crippen molar-refractivity contribution in [2.45, 2.75) is 0 Å². The third-order valence-electron chi connectivity index (χ3n) is 2.40. The van der Waals surface area contributed by atoms with Gasteiger partial charge in [0, 0.05) is 31.3 Å². The van der Waals surface area contributed by atoms with Gasteiger partial charge in [-0.05, 0) is 11.6 Å². The lowest BCUT2D eigenvalue weighted by Crippen LogP contribution is -2.44. The first-order chi connectivity index (χ1) is 7.25. The standard InChI is InChI=1S/C11H13N3O/c1-14-5-3-2-4-10(14)6-9-7-12-11(15)13-8-9/h2-6H,7-8H2,1H3,(H-,12,13,15)/p+1. The fraction of sp³-hybridized carbons (Fsp3) is 0.273. The van der Waals surface area contributed by atoms with Gasteiger partial charge in [0.2, 0.25) is 5.69 Å². The minimum atomic E-state index is -0.0930. The highest BCUT2D eigenvalue weighted by Gasteiger charge is 2.11. The maximum atomic E-state index is 10.9. The average Bonchev–Trinajstić information content (AvgIpc) is 2.25. The van der Waals surface area contributed by atoms with Crippen molar-refractivity contribution in [2.24, 2.45) is 7.05 Å². The molecule has 0 bridgehead atoms. The van der Waals surface area contributed by atoms with Gasteiger partial charge in [0.25, 0.3) is 0 Å². The maximum Gasteiger partial charge on any atom is 0.315 e. The van der Waals surface area contributed by atoms with Gasteiger partial charge in [0.05, 0.1) is 0 Å². The summed E-state index contributed by atoms with van der Waals surface area (Å²) in [6.45, 7) is 1.25. The van der Waals surface area contributed by atoms with Crippen LogP contribution in [0.25, 0.3) is 6.08 Å². The summed E-state index contributed by atoms with van der Waals surface area (Å²) in [5.41, 5.74) is 2.31. The first kappa shape index (κ1) is 9.71. The van der Waals surface area contributed by atoms with Crippen LogP contribution in [0.4, 0.5) is 4.79 Å². The number of carbonyl (C=O) groups is 1. The first-order valence-corrected chi connectivity index (χ1v) is 4.91. The lowest BCUT2D eigenvalue weighted by molar-refractivity contribution is -0.673. The number of hydrogen-bond acceptors (Lipinski definition) is 1. The summed E-state index contributed by atoms with van der Waals surface area (Å²) in [4.78, 5) is 10.9. The molecule has 1 aliphatic rings. The highest BCUT2D eigenvalue weighted by atomic mass is 16.2. The summed E-state index contributed by atoms with van der Waals surface area (Å²) in [5, 5.41) is 5.49. The molecule has 1 aromatic rings. The van der Waals surface area contributed by atoms with Crippen LogP contribution in [0, 0.1) is 0 Å². The van der Waals surface area contributed by atoms with E-state index in [1.807, 2.05) is 36.0 Å². The van der Waals surface area contributed by atoms with Crippen molar-refractivity contribution < 1.29 is 9.36 Å². The summed E-state index contributed by atoms with van der Waals surface area (Å²) >= 11 is 0. The first-order valence-electron chi connectivity index (χ1n) is 4.91. The molecular weight excluding hydrogens is 190 g/mol. The van der Waals surface area contributed by atoms with Crippen LogP contribution < -0.4 is 15.2 Å². The van der Waals surface area contributed by atoms with E-state index < -0.39 is 0 Å². The van der Waals surface area contributed by atoms with Crippen LogP contribution in [-0.2, 0) is 7.05 Å². The van der Waals surface area contributed by atoms with Crippen molar-refractivity contribution in [3.05, 3.63) is 35.7 Å². The minimum Gasteiger partial charge on any atom is -0.334 e. The third-order valence-corrected chi connectivity index (χ3v) is 2.40. The molecule has 2 heterocycles. The number of nitrogens with zero attached hydrogens (tertiary/aromatic N) is 1. The Balaban J connectivity index is 2.17. The van der Waals surface area contributed by atoms with Crippen molar-refractivity contribution >= 4 is 12.1 Å². The lowest BCUT2D eigenvalue weighted by Gasteiger charge is -2.16. The van der Waals surface area contributed by atoms with Crippen LogP contribution >= 0.6 is 0 Å². The molecule has 2 amide bonds. The Hall–Kier alpha value is -1.84. The Labute approximate surface area is 88.6 Å². The Morgan fingerprint density at radius 3 is 2.73 bits per heavy atom. The summed E-state index contributed by atoms with van der Waals surface area (Å²) in [6.07, 6.45) is 4.09. The predicted octanol–water partition coefficient (Wildman–Crippen LogP) is 0.207. The normalized spacial score (nSPS) is 15.5. The van der Waals surface area contributed by atoms with Crippen LogP contribution in [0.15, 0.2) is 30.0 Å². The number of amides is 2. The topological polar surface area (TPSA) is 45.0 Å². The molecule has 1 saturated heterocycles. The molecule has 0 spiro atoms. The van der Waals surface area contributed by atoms with Gasteiger partial charge in [-0.3, -0.25) is 0 Å². The molecule has 0 aromatic carbocycles. The van der Waals surface area contributed by atoms with E-state index in [-0.39, 0.29) is 6.03 Å². The predicted molar refractivity (Wildman–Crippen MR) is 57.0 cm³/mol. The summed E-state index contributed by atoms with van der Waals surface area (Å²) < 4.78 is 2.05. The number of aryl methyl sites for hydroxylation is 1. The van der Waals surface area contributed by atoms with Gasteiger partial charge in [-0.25, -0.2) is 9.36 Å². The highest BCUT2D eigenvalue weighted by Crippen LogP contribution is 2.02. The van der Waals surface area contributed by atoms with E-state index >= 15 is 0 Å². The maximum absolute atomic E-state index is 10.9. The van der Waals surface area contributed by atoms with Crippen LogP contribution in [0.3, 0.4) is 0 Å². The second-order valence-electron chi connectivity index (χ2n) is 3.58. The SMILES string of the molecule is C[n+]1ccccc1C=C1CNC(=O)NC1. The van der Waals surface area contributed by atoms with Crippen LogP contribution in [0.2, 0.25) is 0 Å². The van der Waals surface area contributed by atoms with Gasteiger partial charge >= 0.3 is 6.03 Å². The van der Waals surface area contributed by atoms with E-state index in [0.717, 1.165) is 5.69 Å². The molecule has 0 radical (unpaired) electrons. The average molecular weight is 204 g/mol. The number of rotatable bonds is 1. The molecule has 1 aliphatic heterocycles.